The fraction of sp³-hybridized carbons (Fsp3) is 0.500. The third-order valence-corrected chi connectivity index (χ3v) is 4.81. The van der Waals surface area contributed by atoms with Crippen molar-refractivity contribution in [3.05, 3.63) is 28.0 Å². The predicted molar refractivity (Wildman–Crippen MR) is 85.5 cm³/mol. The van der Waals surface area contributed by atoms with Crippen molar-refractivity contribution in [1.29, 1.82) is 0 Å². The Hall–Kier alpha value is -1.34. The molecule has 0 saturated carbocycles. The number of nitrogens with two attached hydrogens (primary N) is 1. The van der Waals surface area contributed by atoms with Gasteiger partial charge in [-0.15, -0.1) is 0 Å². The van der Waals surface area contributed by atoms with Gasteiger partial charge in [0.05, 0.1) is 10.2 Å². The van der Waals surface area contributed by atoms with Crippen LogP contribution in [0.15, 0.2) is 21.8 Å². The number of nitrogens with zero attached hydrogens (tertiary/aromatic N) is 3. The Morgan fingerprint density at radius 3 is 2.86 bits per heavy atom. The third-order valence-electron chi connectivity index (χ3n) is 4.03. The van der Waals surface area contributed by atoms with Crippen molar-refractivity contribution in [3.8, 4) is 0 Å². The molecular formula is C14H20BrFN4O. The van der Waals surface area contributed by atoms with E-state index >= 15 is 0 Å². The molecule has 1 saturated heterocycles. The summed E-state index contributed by atoms with van der Waals surface area (Å²) in [5, 5.41) is 11.6. The Balaban J connectivity index is 2.31. The molecule has 1 unspecified atom stereocenters. The molecule has 0 spiro atoms. The molecule has 1 aromatic carbocycles. The Kier molecular flexibility index (Phi) is 5.05. The van der Waals surface area contributed by atoms with E-state index in [9.17, 15) is 4.39 Å². The van der Waals surface area contributed by atoms with E-state index in [-0.39, 0.29) is 16.1 Å². The van der Waals surface area contributed by atoms with Crippen molar-refractivity contribution in [2.45, 2.75) is 19.4 Å². The van der Waals surface area contributed by atoms with Gasteiger partial charge in [-0.3, -0.25) is 4.90 Å². The van der Waals surface area contributed by atoms with Gasteiger partial charge in [0.25, 0.3) is 0 Å². The minimum Gasteiger partial charge on any atom is -0.409 e. The number of benzene rings is 1. The monoisotopic (exact) mass is 358 g/mol. The summed E-state index contributed by atoms with van der Waals surface area (Å²) in [6.07, 6.45) is 1.03. The highest BCUT2D eigenvalue weighted by Crippen LogP contribution is 2.31. The lowest BCUT2D eigenvalue weighted by molar-refractivity contribution is 0.213. The molecule has 1 aromatic rings. The van der Waals surface area contributed by atoms with E-state index in [2.05, 4.69) is 40.0 Å². The maximum atomic E-state index is 14.6. The second-order valence-electron chi connectivity index (χ2n) is 5.23. The number of halogens is 2. The standard InChI is InChI=1S/C14H20BrFN4O/c1-3-9-8-20(7-6-19(9)2)11-5-4-10(14(17)18-21)12(15)13(11)16/h4-5,9,21H,3,6-8H2,1-2H3,(H2,17,18). The van der Waals surface area contributed by atoms with Gasteiger partial charge in [0.15, 0.2) is 11.7 Å². The molecule has 1 aliphatic rings. The van der Waals surface area contributed by atoms with Crippen LogP contribution in [0.3, 0.4) is 0 Å². The third kappa shape index (κ3) is 3.13. The highest BCUT2D eigenvalue weighted by atomic mass is 79.9. The van der Waals surface area contributed by atoms with Crippen LogP contribution in [0.25, 0.3) is 0 Å². The van der Waals surface area contributed by atoms with Crippen LogP contribution in [0, 0.1) is 5.82 Å². The van der Waals surface area contributed by atoms with Crippen LogP contribution in [-0.2, 0) is 0 Å². The van der Waals surface area contributed by atoms with Gasteiger partial charge in [-0.1, -0.05) is 12.1 Å². The van der Waals surface area contributed by atoms with E-state index in [1.54, 1.807) is 12.1 Å². The number of hydrogen-bond donors (Lipinski definition) is 2. The van der Waals surface area contributed by atoms with Crippen molar-refractivity contribution in [2.24, 2.45) is 10.9 Å². The summed E-state index contributed by atoms with van der Waals surface area (Å²) >= 11 is 3.20. The highest BCUT2D eigenvalue weighted by molar-refractivity contribution is 9.10. The first-order valence-electron chi connectivity index (χ1n) is 6.90. The van der Waals surface area contributed by atoms with E-state index in [1.807, 2.05) is 4.90 Å². The number of anilines is 1. The SMILES string of the molecule is CCC1CN(c2ccc(/C(N)=N/O)c(Br)c2F)CCN1C. The topological polar surface area (TPSA) is 65.1 Å². The molecule has 5 nitrogen and oxygen atoms in total. The summed E-state index contributed by atoms with van der Waals surface area (Å²) < 4.78 is 14.8. The summed E-state index contributed by atoms with van der Waals surface area (Å²) in [5.41, 5.74) is 6.43. The zero-order chi connectivity index (χ0) is 15.6. The molecule has 0 amide bonds. The Morgan fingerprint density at radius 2 is 2.24 bits per heavy atom. The molecule has 1 atom stereocenters. The highest BCUT2D eigenvalue weighted by Gasteiger charge is 2.26. The summed E-state index contributed by atoms with van der Waals surface area (Å²) in [6.45, 7) is 4.61. The van der Waals surface area contributed by atoms with Gasteiger partial charge in [-0.25, -0.2) is 4.39 Å². The average Bonchev–Trinajstić information content (AvgIpc) is 2.50. The normalized spacial score (nSPS) is 20.9. The summed E-state index contributed by atoms with van der Waals surface area (Å²) in [5.74, 6) is -0.490. The fourth-order valence-corrected chi connectivity index (χ4v) is 3.18. The maximum absolute atomic E-state index is 14.6. The largest absolute Gasteiger partial charge is 0.409 e. The Labute approximate surface area is 132 Å². The summed E-state index contributed by atoms with van der Waals surface area (Å²) in [6, 6.07) is 3.77. The molecule has 0 radical (unpaired) electrons. The Morgan fingerprint density at radius 1 is 1.52 bits per heavy atom. The first kappa shape index (κ1) is 16.0. The molecule has 1 aliphatic heterocycles. The van der Waals surface area contributed by atoms with Gasteiger partial charge >= 0.3 is 0 Å². The van der Waals surface area contributed by atoms with Crippen molar-refractivity contribution in [1.82, 2.24) is 4.90 Å². The first-order valence-corrected chi connectivity index (χ1v) is 7.70. The number of amidine groups is 1. The number of oxime groups is 1. The number of likely N-dealkylation sites (N-methyl/N-ethyl adjacent to an activating group) is 1. The smallest absolute Gasteiger partial charge is 0.171 e. The van der Waals surface area contributed by atoms with E-state index in [0.717, 1.165) is 26.1 Å². The zero-order valence-corrected chi connectivity index (χ0v) is 13.8. The van der Waals surface area contributed by atoms with Gasteiger partial charge in [0, 0.05) is 31.2 Å². The molecular weight excluding hydrogens is 339 g/mol. The number of rotatable bonds is 3. The van der Waals surface area contributed by atoms with Gasteiger partial charge in [0.2, 0.25) is 0 Å². The maximum Gasteiger partial charge on any atom is 0.171 e. The van der Waals surface area contributed by atoms with Gasteiger partial charge in [-0.05, 0) is 41.5 Å². The van der Waals surface area contributed by atoms with E-state index in [0.29, 0.717) is 17.3 Å². The second kappa shape index (κ2) is 6.62. The van der Waals surface area contributed by atoms with Crippen LogP contribution in [0.4, 0.5) is 10.1 Å². The Bertz CT molecular complexity index is 552. The van der Waals surface area contributed by atoms with E-state index in [1.165, 1.54) is 0 Å². The molecule has 116 valence electrons. The number of hydrogen-bond acceptors (Lipinski definition) is 4. The molecule has 1 heterocycles. The van der Waals surface area contributed by atoms with Crippen LogP contribution in [0.2, 0.25) is 0 Å². The van der Waals surface area contributed by atoms with Crippen LogP contribution in [0.5, 0.6) is 0 Å². The van der Waals surface area contributed by atoms with Gasteiger partial charge in [-0.2, -0.15) is 0 Å². The van der Waals surface area contributed by atoms with Crippen LogP contribution < -0.4 is 10.6 Å². The number of piperazine rings is 1. The van der Waals surface area contributed by atoms with Crippen LogP contribution >= 0.6 is 15.9 Å². The van der Waals surface area contributed by atoms with E-state index in [4.69, 9.17) is 10.9 Å². The quantitative estimate of drug-likeness (QED) is 0.376. The minimum atomic E-state index is -0.376. The minimum absolute atomic E-state index is 0.114. The lowest BCUT2D eigenvalue weighted by atomic mass is 10.1. The average molecular weight is 359 g/mol. The molecule has 0 aliphatic carbocycles. The fourth-order valence-electron chi connectivity index (χ4n) is 2.64. The summed E-state index contributed by atoms with van der Waals surface area (Å²) in [7, 11) is 2.10. The summed E-state index contributed by atoms with van der Waals surface area (Å²) in [4.78, 5) is 4.35. The van der Waals surface area contributed by atoms with Crippen LogP contribution in [0.1, 0.15) is 18.9 Å². The van der Waals surface area contributed by atoms with Crippen molar-refractivity contribution in [3.63, 3.8) is 0 Å². The van der Waals surface area contributed by atoms with E-state index < -0.39 is 0 Å². The molecule has 0 bridgehead atoms. The van der Waals surface area contributed by atoms with Crippen molar-refractivity contribution in [2.75, 3.05) is 31.6 Å². The lowest BCUT2D eigenvalue weighted by Crippen LogP contribution is -2.51. The second-order valence-corrected chi connectivity index (χ2v) is 6.03. The first-order chi connectivity index (χ1) is 9.99. The van der Waals surface area contributed by atoms with Gasteiger partial charge in [0.1, 0.15) is 0 Å². The molecule has 3 N–H and O–H groups in total. The van der Waals surface area contributed by atoms with Crippen molar-refractivity contribution < 1.29 is 9.60 Å². The zero-order valence-electron chi connectivity index (χ0n) is 12.2. The molecule has 1 fully saturated rings. The molecule has 7 heteroatoms. The molecule has 0 aromatic heterocycles. The molecule has 21 heavy (non-hydrogen) atoms. The lowest BCUT2D eigenvalue weighted by Gasteiger charge is -2.40. The van der Waals surface area contributed by atoms with Crippen LogP contribution in [-0.4, -0.2) is 48.7 Å². The molecule has 2 rings (SSSR count). The van der Waals surface area contributed by atoms with Gasteiger partial charge < -0.3 is 15.8 Å². The van der Waals surface area contributed by atoms with Crippen molar-refractivity contribution >= 4 is 27.5 Å². The predicted octanol–water partition coefficient (Wildman–Crippen LogP) is 2.21.